The van der Waals surface area contributed by atoms with Crippen molar-refractivity contribution in [1.82, 2.24) is 5.32 Å². The molecule has 3 N–H and O–H groups in total. The highest BCUT2D eigenvalue weighted by Gasteiger charge is 2.35. The van der Waals surface area contributed by atoms with E-state index in [9.17, 15) is 14.0 Å². The van der Waals surface area contributed by atoms with Gasteiger partial charge in [0.2, 0.25) is 11.8 Å². The summed E-state index contributed by atoms with van der Waals surface area (Å²) in [4.78, 5) is 24.1. The smallest absolute Gasteiger partial charge is 0.247 e. The van der Waals surface area contributed by atoms with Crippen LogP contribution in [0.4, 0.5) is 4.39 Å². The van der Waals surface area contributed by atoms with E-state index < -0.39 is 17.4 Å². The van der Waals surface area contributed by atoms with Crippen molar-refractivity contribution in [3.63, 3.8) is 0 Å². The summed E-state index contributed by atoms with van der Waals surface area (Å²) in [5, 5.41) is 3.07. The summed E-state index contributed by atoms with van der Waals surface area (Å²) in [5.74, 6) is -1.49. The van der Waals surface area contributed by atoms with Crippen LogP contribution in [0.1, 0.15) is 18.1 Å². The Hall–Kier alpha value is -2.40. The standard InChI is InChI=1S/C17H16ClFN2O2/c1-17(16(20)23,12-3-2-4-13(18)10-12)21-15(22)9-11-5-7-14(19)8-6-11/h2-8,10H,9H2,1H3,(H2,20,23)(H,21,22)/t17-/m1/s1. The molecule has 2 aromatic carbocycles. The monoisotopic (exact) mass is 334 g/mol. The van der Waals surface area contributed by atoms with Gasteiger partial charge in [-0.3, -0.25) is 9.59 Å². The number of hydrogen-bond acceptors (Lipinski definition) is 2. The van der Waals surface area contributed by atoms with Gasteiger partial charge < -0.3 is 11.1 Å². The molecule has 0 saturated carbocycles. The van der Waals surface area contributed by atoms with E-state index in [0.717, 1.165) is 0 Å². The van der Waals surface area contributed by atoms with Gasteiger partial charge in [-0.2, -0.15) is 0 Å². The maximum atomic E-state index is 12.9. The van der Waals surface area contributed by atoms with Crippen molar-refractivity contribution in [3.8, 4) is 0 Å². The van der Waals surface area contributed by atoms with Crippen LogP contribution in [0.5, 0.6) is 0 Å². The molecule has 0 aliphatic heterocycles. The second kappa shape index (κ2) is 6.79. The Kier molecular flexibility index (Phi) is 5.01. The van der Waals surface area contributed by atoms with Crippen molar-refractivity contribution in [1.29, 1.82) is 0 Å². The van der Waals surface area contributed by atoms with Gasteiger partial charge in [0.05, 0.1) is 6.42 Å². The van der Waals surface area contributed by atoms with Crippen LogP contribution in [0, 0.1) is 5.82 Å². The molecule has 0 fully saturated rings. The Labute approximate surface area is 138 Å². The van der Waals surface area contributed by atoms with Gasteiger partial charge in [0, 0.05) is 5.02 Å². The highest BCUT2D eigenvalue weighted by atomic mass is 35.5. The fraction of sp³-hybridized carbons (Fsp3) is 0.176. The highest BCUT2D eigenvalue weighted by Crippen LogP contribution is 2.23. The molecule has 1 atom stereocenters. The molecule has 0 radical (unpaired) electrons. The maximum absolute atomic E-state index is 12.9. The van der Waals surface area contributed by atoms with Crippen LogP contribution in [0.25, 0.3) is 0 Å². The molecule has 0 aliphatic carbocycles. The maximum Gasteiger partial charge on any atom is 0.247 e. The molecule has 0 spiro atoms. The molecule has 2 aromatic rings. The van der Waals surface area contributed by atoms with Crippen molar-refractivity contribution in [2.45, 2.75) is 18.9 Å². The zero-order valence-corrected chi connectivity index (χ0v) is 13.2. The Morgan fingerprint density at radius 3 is 2.43 bits per heavy atom. The minimum Gasteiger partial charge on any atom is -0.367 e. The number of benzene rings is 2. The number of nitrogens with one attached hydrogen (secondary N) is 1. The number of carbonyl (C=O) groups excluding carboxylic acids is 2. The average Bonchev–Trinajstić information content (AvgIpc) is 2.49. The van der Waals surface area contributed by atoms with Gasteiger partial charge >= 0.3 is 0 Å². The number of nitrogens with two attached hydrogens (primary N) is 1. The summed E-state index contributed by atoms with van der Waals surface area (Å²) in [5.41, 5.74) is 5.20. The lowest BCUT2D eigenvalue weighted by Crippen LogP contribution is -2.53. The van der Waals surface area contributed by atoms with Crippen molar-refractivity contribution in [2.24, 2.45) is 5.73 Å². The van der Waals surface area contributed by atoms with Crippen LogP contribution in [0.2, 0.25) is 5.02 Å². The number of halogens is 2. The zero-order valence-electron chi connectivity index (χ0n) is 12.5. The lowest BCUT2D eigenvalue weighted by molar-refractivity contribution is -0.131. The third kappa shape index (κ3) is 4.07. The summed E-state index contributed by atoms with van der Waals surface area (Å²) in [6, 6.07) is 12.1. The summed E-state index contributed by atoms with van der Waals surface area (Å²) < 4.78 is 12.9. The Balaban J connectivity index is 2.20. The van der Waals surface area contributed by atoms with E-state index in [1.54, 1.807) is 24.3 Å². The fourth-order valence-electron chi connectivity index (χ4n) is 2.19. The van der Waals surface area contributed by atoms with Gasteiger partial charge in [-0.1, -0.05) is 35.9 Å². The molecule has 120 valence electrons. The molecule has 6 heteroatoms. The Morgan fingerprint density at radius 1 is 1.22 bits per heavy atom. The third-order valence-electron chi connectivity index (χ3n) is 3.56. The van der Waals surface area contributed by atoms with E-state index in [0.29, 0.717) is 16.1 Å². The number of hydrogen-bond donors (Lipinski definition) is 2. The molecular formula is C17H16ClFN2O2. The van der Waals surface area contributed by atoms with Crippen LogP contribution in [-0.2, 0) is 21.5 Å². The Bertz CT molecular complexity index is 734. The topological polar surface area (TPSA) is 72.2 Å². The number of rotatable bonds is 5. The second-order valence-corrected chi connectivity index (χ2v) is 5.79. The average molecular weight is 335 g/mol. The van der Waals surface area contributed by atoms with E-state index in [1.807, 2.05) is 0 Å². The van der Waals surface area contributed by atoms with E-state index in [-0.39, 0.29) is 12.2 Å². The van der Waals surface area contributed by atoms with Crippen molar-refractivity contribution in [3.05, 3.63) is 70.5 Å². The summed E-state index contributed by atoms with van der Waals surface area (Å²) in [7, 11) is 0. The number of amides is 2. The van der Waals surface area contributed by atoms with Gasteiger partial charge in [0.1, 0.15) is 11.4 Å². The molecule has 4 nitrogen and oxygen atoms in total. The molecule has 0 aliphatic rings. The third-order valence-corrected chi connectivity index (χ3v) is 3.80. The van der Waals surface area contributed by atoms with Crippen LogP contribution in [0.15, 0.2) is 48.5 Å². The van der Waals surface area contributed by atoms with Crippen molar-refractivity contribution < 1.29 is 14.0 Å². The fourth-order valence-corrected chi connectivity index (χ4v) is 2.38. The lowest BCUT2D eigenvalue weighted by Gasteiger charge is -2.28. The largest absolute Gasteiger partial charge is 0.367 e. The zero-order chi connectivity index (χ0) is 17.0. The minimum atomic E-state index is -1.39. The Morgan fingerprint density at radius 2 is 1.87 bits per heavy atom. The van der Waals surface area contributed by atoms with Gasteiger partial charge in [-0.15, -0.1) is 0 Å². The highest BCUT2D eigenvalue weighted by molar-refractivity contribution is 6.30. The summed E-state index contributed by atoms with van der Waals surface area (Å²) >= 11 is 5.94. The SMILES string of the molecule is C[C@](NC(=O)Cc1ccc(F)cc1)(C(N)=O)c1cccc(Cl)c1. The molecule has 0 saturated heterocycles. The molecule has 0 bridgehead atoms. The first-order valence-electron chi connectivity index (χ1n) is 6.92. The summed E-state index contributed by atoms with van der Waals surface area (Å²) in [6.07, 6.45) is 0.00369. The molecular weight excluding hydrogens is 319 g/mol. The second-order valence-electron chi connectivity index (χ2n) is 5.35. The lowest BCUT2D eigenvalue weighted by atomic mass is 9.91. The summed E-state index contributed by atoms with van der Waals surface area (Å²) in [6.45, 7) is 1.52. The quantitative estimate of drug-likeness (QED) is 0.882. The van der Waals surface area contributed by atoms with E-state index >= 15 is 0 Å². The van der Waals surface area contributed by atoms with Gasteiger partial charge in [0.15, 0.2) is 0 Å². The molecule has 2 rings (SSSR count). The van der Waals surface area contributed by atoms with Crippen LogP contribution in [-0.4, -0.2) is 11.8 Å². The predicted molar refractivity (Wildman–Crippen MR) is 86.2 cm³/mol. The number of carbonyl (C=O) groups is 2. The van der Waals surface area contributed by atoms with E-state index in [4.69, 9.17) is 17.3 Å². The van der Waals surface area contributed by atoms with Crippen LogP contribution >= 0.6 is 11.6 Å². The van der Waals surface area contributed by atoms with Crippen molar-refractivity contribution >= 4 is 23.4 Å². The number of primary amides is 1. The van der Waals surface area contributed by atoms with Crippen molar-refractivity contribution in [2.75, 3.05) is 0 Å². The van der Waals surface area contributed by atoms with Gasteiger partial charge in [-0.25, -0.2) is 4.39 Å². The first kappa shape index (κ1) is 17.0. The molecule has 2 amide bonds. The first-order chi connectivity index (χ1) is 10.8. The molecule has 23 heavy (non-hydrogen) atoms. The normalized spacial score (nSPS) is 13.2. The minimum absolute atomic E-state index is 0.00369. The van der Waals surface area contributed by atoms with E-state index in [1.165, 1.54) is 31.2 Å². The molecule has 0 aromatic heterocycles. The molecule has 0 unspecified atom stereocenters. The first-order valence-corrected chi connectivity index (χ1v) is 7.30. The van der Waals surface area contributed by atoms with E-state index in [2.05, 4.69) is 5.32 Å². The van der Waals surface area contributed by atoms with Crippen LogP contribution in [0.3, 0.4) is 0 Å². The van der Waals surface area contributed by atoms with Crippen LogP contribution < -0.4 is 11.1 Å². The van der Waals surface area contributed by atoms with Gasteiger partial charge in [-0.05, 0) is 42.3 Å². The molecule has 0 heterocycles. The predicted octanol–water partition coefficient (Wildman–Crippen LogP) is 2.54. The van der Waals surface area contributed by atoms with Gasteiger partial charge in [0.25, 0.3) is 0 Å².